The predicted octanol–water partition coefficient (Wildman–Crippen LogP) is 4.58. The van der Waals surface area contributed by atoms with E-state index in [1.807, 2.05) is 4.90 Å². The number of hydrogen-bond donors (Lipinski definition) is 0. The number of hydrogen-bond acceptors (Lipinski definition) is 5. The number of benzene rings is 1. The molecule has 2 fully saturated rings. The van der Waals surface area contributed by atoms with Gasteiger partial charge in [0.15, 0.2) is 5.13 Å². The van der Waals surface area contributed by atoms with Crippen molar-refractivity contribution >= 4 is 45.0 Å². The van der Waals surface area contributed by atoms with Gasteiger partial charge in [0.1, 0.15) is 0 Å². The predicted molar refractivity (Wildman–Crippen MR) is 123 cm³/mol. The number of fused-ring (bicyclic) bond motifs is 1. The van der Waals surface area contributed by atoms with E-state index in [0.717, 1.165) is 56.3 Å². The SMILES string of the molecule is Cc1cc2nc(N(CCN3CCOCC3)C(=O)C3CCCCC3)sc2cc1C.Cl. The summed E-state index contributed by atoms with van der Waals surface area (Å²) < 4.78 is 6.64. The van der Waals surface area contributed by atoms with Gasteiger partial charge in [-0.05, 0) is 49.9 Å². The van der Waals surface area contributed by atoms with Crippen LogP contribution in [-0.2, 0) is 9.53 Å². The normalized spacial score (nSPS) is 18.6. The molecular weight excluding hydrogens is 406 g/mol. The Morgan fingerprint density at radius 3 is 2.59 bits per heavy atom. The summed E-state index contributed by atoms with van der Waals surface area (Å²) in [5, 5.41) is 0.865. The maximum absolute atomic E-state index is 13.4. The second kappa shape index (κ2) is 10.2. The molecule has 1 aromatic heterocycles. The number of halogens is 1. The number of thiazole rings is 1. The summed E-state index contributed by atoms with van der Waals surface area (Å²) >= 11 is 1.66. The molecule has 1 saturated carbocycles. The molecular formula is C22H32ClN3O2S. The van der Waals surface area contributed by atoms with Crippen molar-refractivity contribution in [3.8, 4) is 0 Å². The first-order valence-corrected chi connectivity index (χ1v) is 11.4. The number of carbonyl (C=O) groups excluding carboxylic acids is 1. The average molecular weight is 438 g/mol. The zero-order valence-electron chi connectivity index (χ0n) is 17.5. The number of morpholine rings is 1. The van der Waals surface area contributed by atoms with Gasteiger partial charge in [-0.25, -0.2) is 4.98 Å². The van der Waals surface area contributed by atoms with E-state index in [-0.39, 0.29) is 24.2 Å². The summed E-state index contributed by atoms with van der Waals surface area (Å²) in [6.07, 6.45) is 5.65. The second-order valence-corrected chi connectivity index (χ2v) is 9.19. The van der Waals surface area contributed by atoms with Crippen molar-refractivity contribution in [2.75, 3.05) is 44.3 Å². The van der Waals surface area contributed by atoms with Gasteiger partial charge in [-0.2, -0.15) is 0 Å². The number of ether oxygens (including phenoxy) is 1. The molecule has 29 heavy (non-hydrogen) atoms. The second-order valence-electron chi connectivity index (χ2n) is 8.18. The lowest BCUT2D eigenvalue weighted by Gasteiger charge is -2.31. The van der Waals surface area contributed by atoms with E-state index >= 15 is 0 Å². The molecule has 0 bridgehead atoms. The van der Waals surface area contributed by atoms with Gasteiger partial charge in [0.2, 0.25) is 5.91 Å². The molecule has 0 spiro atoms. The van der Waals surface area contributed by atoms with E-state index in [4.69, 9.17) is 9.72 Å². The van der Waals surface area contributed by atoms with Crippen LogP contribution in [0, 0.1) is 19.8 Å². The van der Waals surface area contributed by atoms with Crippen LogP contribution in [0.5, 0.6) is 0 Å². The number of amides is 1. The number of nitrogens with zero attached hydrogens (tertiary/aromatic N) is 3. The lowest BCUT2D eigenvalue weighted by molar-refractivity contribution is -0.123. The van der Waals surface area contributed by atoms with Gasteiger partial charge >= 0.3 is 0 Å². The summed E-state index contributed by atoms with van der Waals surface area (Å²) in [5.74, 6) is 0.439. The Hall–Kier alpha value is -1.21. The lowest BCUT2D eigenvalue weighted by atomic mass is 9.88. The molecule has 0 unspecified atom stereocenters. The maximum Gasteiger partial charge on any atom is 0.231 e. The van der Waals surface area contributed by atoms with Gasteiger partial charge in [-0.15, -0.1) is 12.4 Å². The minimum absolute atomic E-state index is 0. The number of carbonyl (C=O) groups is 1. The third-order valence-corrected chi connectivity index (χ3v) is 7.23. The van der Waals surface area contributed by atoms with Crippen LogP contribution in [0.4, 0.5) is 5.13 Å². The number of anilines is 1. The van der Waals surface area contributed by atoms with Crippen LogP contribution in [0.15, 0.2) is 12.1 Å². The fourth-order valence-electron chi connectivity index (χ4n) is 4.22. The van der Waals surface area contributed by atoms with Gasteiger partial charge in [-0.3, -0.25) is 14.6 Å². The Labute approximate surface area is 183 Å². The number of rotatable bonds is 5. The molecule has 1 aliphatic heterocycles. The lowest BCUT2D eigenvalue weighted by Crippen LogP contribution is -2.45. The summed E-state index contributed by atoms with van der Waals surface area (Å²) in [6, 6.07) is 4.35. The van der Waals surface area contributed by atoms with Crippen LogP contribution < -0.4 is 4.90 Å². The Morgan fingerprint density at radius 1 is 1.17 bits per heavy atom. The van der Waals surface area contributed by atoms with Gasteiger partial charge in [0.05, 0.1) is 23.4 Å². The maximum atomic E-state index is 13.4. The quantitative estimate of drug-likeness (QED) is 0.686. The van der Waals surface area contributed by atoms with Crippen LogP contribution in [0.2, 0.25) is 0 Å². The van der Waals surface area contributed by atoms with E-state index in [1.165, 1.54) is 35.1 Å². The van der Waals surface area contributed by atoms with E-state index in [0.29, 0.717) is 6.54 Å². The Balaban J connectivity index is 0.00000240. The summed E-state index contributed by atoms with van der Waals surface area (Å²) in [6.45, 7) is 9.33. The smallest absolute Gasteiger partial charge is 0.231 e. The van der Waals surface area contributed by atoms with Crippen molar-refractivity contribution in [3.63, 3.8) is 0 Å². The zero-order valence-corrected chi connectivity index (χ0v) is 19.1. The third kappa shape index (κ3) is 5.29. The number of aromatic nitrogens is 1. The summed E-state index contributed by atoms with van der Waals surface area (Å²) in [7, 11) is 0. The first-order chi connectivity index (χ1) is 13.6. The van der Waals surface area contributed by atoms with Gasteiger partial charge in [0.25, 0.3) is 0 Å². The molecule has 1 aliphatic carbocycles. The fourth-order valence-corrected chi connectivity index (χ4v) is 5.30. The Bertz CT molecular complexity index is 790. The van der Waals surface area contributed by atoms with Crippen LogP contribution in [0.3, 0.4) is 0 Å². The molecule has 4 rings (SSSR count). The highest BCUT2D eigenvalue weighted by Crippen LogP contribution is 2.33. The topological polar surface area (TPSA) is 45.7 Å². The molecule has 0 radical (unpaired) electrons. The molecule has 1 saturated heterocycles. The van der Waals surface area contributed by atoms with Gasteiger partial charge < -0.3 is 4.74 Å². The van der Waals surface area contributed by atoms with E-state index in [1.54, 1.807) is 11.3 Å². The highest BCUT2D eigenvalue weighted by Gasteiger charge is 2.29. The molecule has 0 atom stereocenters. The monoisotopic (exact) mass is 437 g/mol. The molecule has 2 aliphatic rings. The van der Waals surface area contributed by atoms with Crippen molar-refractivity contribution in [2.45, 2.75) is 46.0 Å². The molecule has 5 nitrogen and oxygen atoms in total. The minimum Gasteiger partial charge on any atom is -0.379 e. The zero-order chi connectivity index (χ0) is 19.5. The molecule has 2 aromatic rings. The fraction of sp³-hybridized carbons (Fsp3) is 0.636. The Kier molecular flexibility index (Phi) is 7.91. The van der Waals surface area contributed by atoms with Gasteiger partial charge in [0, 0.05) is 32.1 Å². The first kappa shape index (κ1) is 22.5. The molecule has 1 aromatic carbocycles. The largest absolute Gasteiger partial charge is 0.379 e. The van der Waals surface area contributed by atoms with Crippen LogP contribution in [0.1, 0.15) is 43.2 Å². The van der Waals surface area contributed by atoms with Crippen molar-refractivity contribution < 1.29 is 9.53 Å². The summed E-state index contributed by atoms with van der Waals surface area (Å²) in [4.78, 5) is 22.7. The van der Waals surface area contributed by atoms with Crippen LogP contribution in [-0.4, -0.2) is 55.2 Å². The van der Waals surface area contributed by atoms with Crippen molar-refractivity contribution in [1.29, 1.82) is 0 Å². The standard InChI is InChI=1S/C22H31N3O2S.ClH/c1-16-14-19-20(15-17(16)2)28-22(23-19)25(9-8-24-10-12-27-13-11-24)21(26)18-6-4-3-5-7-18;/h14-15,18H,3-13H2,1-2H3;1H. The third-order valence-electron chi connectivity index (χ3n) is 6.19. The minimum atomic E-state index is 0. The van der Waals surface area contributed by atoms with Crippen molar-refractivity contribution in [1.82, 2.24) is 9.88 Å². The highest BCUT2D eigenvalue weighted by molar-refractivity contribution is 7.22. The van der Waals surface area contributed by atoms with Crippen LogP contribution in [0.25, 0.3) is 10.2 Å². The highest BCUT2D eigenvalue weighted by atomic mass is 35.5. The molecule has 0 N–H and O–H groups in total. The molecule has 160 valence electrons. The molecule has 7 heteroatoms. The molecule has 2 heterocycles. The van der Waals surface area contributed by atoms with Gasteiger partial charge in [-0.1, -0.05) is 30.6 Å². The van der Waals surface area contributed by atoms with Crippen molar-refractivity contribution in [2.24, 2.45) is 5.92 Å². The van der Waals surface area contributed by atoms with E-state index in [9.17, 15) is 4.79 Å². The number of aryl methyl sites for hydroxylation is 2. The summed E-state index contributed by atoms with van der Waals surface area (Å²) in [5.41, 5.74) is 3.54. The van der Waals surface area contributed by atoms with Crippen LogP contribution >= 0.6 is 23.7 Å². The van der Waals surface area contributed by atoms with Crippen molar-refractivity contribution in [3.05, 3.63) is 23.3 Å². The first-order valence-electron chi connectivity index (χ1n) is 10.6. The molecule has 1 amide bonds. The Morgan fingerprint density at radius 2 is 1.86 bits per heavy atom. The van der Waals surface area contributed by atoms with E-state index < -0.39 is 0 Å². The average Bonchev–Trinajstić information content (AvgIpc) is 3.12. The van der Waals surface area contributed by atoms with E-state index in [2.05, 4.69) is 30.9 Å².